The third-order valence-electron chi connectivity index (χ3n) is 5.03. The predicted molar refractivity (Wildman–Crippen MR) is 106 cm³/mol. The Hall–Kier alpha value is -3.03. The number of benzene rings is 2. The Morgan fingerprint density at radius 1 is 1.21 bits per heavy atom. The predicted octanol–water partition coefficient (Wildman–Crippen LogP) is 2.06. The van der Waals surface area contributed by atoms with E-state index in [1.807, 2.05) is 48.5 Å². The molecule has 0 bridgehead atoms. The molecule has 1 aromatic heterocycles. The summed E-state index contributed by atoms with van der Waals surface area (Å²) in [5, 5.41) is 0. The highest BCUT2D eigenvalue weighted by molar-refractivity contribution is 5.80. The van der Waals surface area contributed by atoms with E-state index in [0.29, 0.717) is 13.1 Å². The van der Waals surface area contributed by atoms with E-state index in [4.69, 9.17) is 4.74 Å². The number of fused-ring (bicyclic) bond motifs is 1. The van der Waals surface area contributed by atoms with Crippen LogP contribution in [0.5, 0.6) is 5.75 Å². The SMILES string of the molecule is COc1cccc(C2NNCC2C(=O)N(C)Cc2cnc3ccccc3n2)c1. The van der Waals surface area contributed by atoms with E-state index in [2.05, 4.69) is 20.8 Å². The molecule has 2 unspecified atom stereocenters. The largest absolute Gasteiger partial charge is 0.497 e. The molecule has 0 saturated carbocycles. The number of para-hydroxylation sites is 2. The molecule has 1 amide bonds. The zero-order chi connectivity index (χ0) is 19.5. The number of ether oxygens (including phenoxy) is 1. The first-order valence-electron chi connectivity index (χ1n) is 9.23. The molecular formula is C21H23N5O2. The minimum Gasteiger partial charge on any atom is -0.497 e. The Labute approximate surface area is 163 Å². The lowest BCUT2D eigenvalue weighted by molar-refractivity contribution is -0.134. The lowest BCUT2D eigenvalue weighted by atomic mass is 9.93. The van der Waals surface area contributed by atoms with Crippen LogP contribution >= 0.6 is 0 Å². The van der Waals surface area contributed by atoms with Crippen molar-refractivity contribution in [2.45, 2.75) is 12.6 Å². The van der Waals surface area contributed by atoms with Gasteiger partial charge in [0.05, 0.1) is 48.5 Å². The van der Waals surface area contributed by atoms with Crippen LogP contribution in [-0.2, 0) is 11.3 Å². The number of carbonyl (C=O) groups is 1. The first-order chi connectivity index (χ1) is 13.7. The summed E-state index contributed by atoms with van der Waals surface area (Å²) < 4.78 is 5.31. The molecule has 0 aliphatic carbocycles. The molecule has 28 heavy (non-hydrogen) atoms. The Balaban J connectivity index is 1.50. The first kappa shape index (κ1) is 18.3. The van der Waals surface area contributed by atoms with E-state index < -0.39 is 0 Å². The minimum absolute atomic E-state index is 0.0558. The van der Waals surface area contributed by atoms with Crippen molar-refractivity contribution in [2.75, 3.05) is 20.7 Å². The number of methoxy groups -OCH3 is 1. The number of aromatic nitrogens is 2. The number of rotatable bonds is 5. The normalized spacial score (nSPS) is 18.9. The van der Waals surface area contributed by atoms with Crippen molar-refractivity contribution >= 4 is 16.9 Å². The van der Waals surface area contributed by atoms with Crippen molar-refractivity contribution in [3.8, 4) is 5.75 Å². The molecule has 7 nitrogen and oxygen atoms in total. The van der Waals surface area contributed by atoms with Crippen molar-refractivity contribution in [3.05, 3.63) is 66.0 Å². The Morgan fingerprint density at radius 2 is 2.04 bits per heavy atom. The molecule has 1 aliphatic rings. The molecule has 1 aliphatic heterocycles. The van der Waals surface area contributed by atoms with Crippen LogP contribution in [0.3, 0.4) is 0 Å². The van der Waals surface area contributed by atoms with Crippen molar-refractivity contribution in [1.82, 2.24) is 25.7 Å². The van der Waals surface area contributed by atoms with E-state index in [-0.39, 0.29) is 17.9 Å². The lowest BCUT2D eigenvalue weighted by Crippen LogP contribution is -2.36. The van der Waals surface area contributed by atoms with E-state index in [0.717, 1.165) is 28.0 Å². The fraction of sp³-hybridized carbons (Fsp3) is 0.286. The summed E-state index contributed by atoms with van der Waals surface area (Å²) in [5.41, 5.74) is 9.80. The monoisotopic (exact) mass is 377 g/mol. The zero-order valence-corrected chi connectivity index (χ0v) is 15.9. The van der Waals surface area contributed by atoms with Gasteiger partial charge in [0.2, 0.25) is 5.91 Å². The first-order valence-corrected chi connectivity index (χ1v) is 9.23. The van der Waals surface area contributed by atoms with Gasteiger partial charge in [-0.15, -0.1) is 0 Å². The molecule has 2 aromatic carbocycles. The number of hydrogen-bond donors (Lipinski definition) is 2. The van der Waals surface area contributed by atoms with Gasteiger partial charge in [0.25, 0.3) is 0 Å². The molecule has 0 spiro atoms. The van der Waals surface area contributed by atoms with Crippen LogP contribution in [0.15, 0.2) is 54.7 Å². The second-order valence-corrected chi connectivity index (χ2v) is 6.93. The zero-order valence-electron chi connectivity index (χ0n) is 15.9. The van der Waals surface area contributed by atoms with E-state index in [1.54, 1.807) is 25.3 Å². The van der Waals surface area contributed by atoms with Crippen LogP contribution in [0.2, 0.25) is 0 Å². The van der Waals surface area contributed by atoms with Crippen molar-refractivity contribution < 1.29 is 9.53 Å². The molecule has 1 fully saturated rings. The van der Waals surface area contributed by atoms with Gasteiger partial charge in [-0.1, -0.05) is 24.3 Å². The van der Waals surface area contributed by atoms with E-state index in [9.17, 15) is 4.79 Å². The molecule has 7 heteroatoms. The number of nitrogens with zero attached hydrogens (tertiary/aromatic N) is 3. The van der Waals surface area contributed by atoms with E-state index in [1.165, 1.54) is 0 Å². The van der Waals surface area contributed by atoms with Gasteiger partial charge in [-0.25, -0.2) is 10.4 Å². The van der Waals surface area contributed by atoms with Crippen LogP contribution in [0.4, 0.5) is 0 Å². The van der Waals surface area contributed by atoms with Gasteiger partial charge >= 0.3 is 0 Å². The van der Waals surface area contributed by atoms with Gasteiger partial charge in [-0.2, -0.15) is 0 Å². The topological polar surface area (TPSA) is 79.4 Å². The fourth-order valence-corrected chi connectivity index (χ4v) is 3.55. The molecule has 1 saturated heterocycles. The summed E-state index contributed by atoms with van der Waals surface area (Å²) in [6, 6.07) is 15.4. The lowest BCUT2D eigenvalue weighted by Gasteiger charge is -2.24. The summed E-state index contributed by atoms with van der Waals surface area (Å²) in [6.45, 7) is 0.979. The van der Waals surface area contributed by atoms with Crippen molar-refractivity contribution in [3.63, 3.8) is 0 Å². The van der Waals surface area contributed by atoms with Crippen LogP contribution in [0, 0.1) is 5.92 Å². The van der Waals surface area contributed by atoms with Crippen LogP contribution in [-0.4, -0.2) is 41.5 Å². The highest BCUT2D eigenvalue weighted by Crippen LogP contribution is 2.29. The molecule has 0 radical (unpaired) electrons. The van der Waals surface area contributed by atoms with Crippen LogP contribution in [0.1, 0.15) is 17.3 Å². The standard InChI is InChI=1S/C21H23N5O2/c1-26(13-15-11-22-18-8-3-4-9-19(18)24-15)21(27)17-12-23-25-20(17)14-6-5-7-16(10-14)28-2/h3-11,17,20,23,25H,12-13H2,1-2H3. The van der Waals surface area contributed by atoms with Gasteiger partial charge in [-0.05, 0) is 29.8 Å². The maximum atomic E-state index is 13.1. The molecule has 2 atom stereocenters. The number of hydrazine groups is 1. The number of nitrogens with one attached hydrogen (secondary N) is 2. The maximum Gasteiger partial charge on any atom is 0.229 e. The smallest absolute Gasteiger partial charge is 0.229 e. The van der Waals surface area contributed by atoms with E-state index >= 15 is 0 Å². The van der Waals surface area contributed by atoms with Crippen molar-refractivity contribution in [1.29, 1.82) is 0 Å². The highest BCUT2D eigenvalue weighted by atomic mass is 16.5. The Kier molecular flexibility index (Phi) is 5.18. The Bertz CT molecular complexity index is 993. The number of hydrogen-bond acceptors (Lipinski definition) is 6. The quantitative estimate of drug-likeness (QED) is 0.709. The summed E-state index contributed by atoms with van der Waals surface area (Å²) in [7, 11) is 3.45. The Morgan fingerprint density at radius 3 is 2.86 bits per heavy atom. The van der Waals surface area contributed by atoms with Crippen LogP contribution < -0.4 is 15.6 Å². The second-order valence-electron chi connectivity index (χ2n) is 6.93. The third-order valence-corrected chi connectivity index (χ3v) is 5.03. The summed E-state index contributed by atoms with van der Waals surface area (Å²) in [6.07, 6.45) is 1.73. The summed E-state index contributed by atoms with van der Waals surface area (Å²) in [5.74, 6) is 0.614. The minimum atomic E-state index is -0.217. The number of carbonyl (C=O) groups excluding carboxylic acids is 1. The van der Waals surface area contributed by atoms with Gasteiger partial charge in [0.1, 0.15) is 5.75 Å². The third kappa shape index (κ3) is 3.67. The highest BCUT2D eigenvalue weighted by Gasteiger charge is 2.35. The average Bonchev–Trinajstić information content (AvgIpc) is 3.23. The fourth-order valence-electron chi connectivity index (χ4n) is 3.55. The molecule has 2 heterocycles. The van der Waals surface area contributed by atoms with Gasteiger partial charge in [-0.3, -0.25) is 15.2 Å². The number of amides is 1. The van der Waals surface area contributed by atoms with Gasteiger partial charge < -0.3 is 9.64 Å². The van der Waals surface area contributed by atoms with Gasteiger partial charge in [0, 0.05) is 13.6 Å². The second kappa shape index (κ2) is 7.92. The maximum absolute atomic E-state index is 13.1. The summed E-state index contributed by atoms with van der Waals surface area (Å²) >= 11 is 0. The van der Waals surface area contributed by atoms with Gasteiger partial charge in [0.15, 0.2) is 0 Å². The molecule has 144 valence electrons. The summed E-state index contributed by atoms with van der Waals surface area (Å²) in [4.78, 5) is 23.9. The van der Waals surface area contributed by atoms with Crippen LogP contribution in [0.25, 0.3) is 11.0 Å². The molecule has 3 aromatic rings. The molecular weight excluding hydrogens is 354 g/mol. The average molecular weight is 377 g/mol. The molecule has 2 N–H and O–H groups in total. The van der Waals surface area contributed by atoms with Crippen molar-refractivity contribution in [2.24, 2.45) is 5.92 Å². The molecule has 4 rings (SSSR count).